The van der Waals surface area contributed by atoms with E-state index in [2.05, 4.69) is 6.92 Å². The third-order valence-corrected chi connectivity index (χ3v) is 1.87. The molecule has 11 heavy (non-hydrogen) atoms. The lowest BCUT2D eigenvalue weighted by Crippen LogP contribution is -2.25. The summed E-state index contributed by atoms with van der Waals surface area (Å²) in [6.45, 7) is 9.76. The molecule has 0 N–H and O–H groups in total. The van der Waals surface area contributed by atoms with Crippen molar-refractivity contribution in [2.24, 2.45) is 5.92 Å². The minimum absolute atomic E-state index is 0.222. The first kappa shape index (κ1) is 10.5. The Morgan fingerprint density at radius 3 is 2.18 bits per heavy atom. The van der Waals surface area contributed by atoms with Gasteiger partial charge in [0.2, 0.25) is 5.91 Å². The monoisotopic (exact) mass is 157 g/mol. The minimum atomic E-state index is 0.222. The predicted octanol–water partition coefficient (Wildman–Crippen LogP) is 1.90. The summed E-state index contributed by atoms with van der Waals surface area (Å²) in [5, 5.41) is 0. The van der Waals surface area contributed by atoms with Crippen LogP contribution in [-0.2, 0) is 4.79 Å². The molecular weight excluding hydrogens is 138 g/mol. The molecule has 0 radical (unpaired) electrons. The van der Waals surface area contributed by atoms with Crippen molar-refractivity contribution in [3.63, 3.8) is 0 Å². The maximum absolute atomic E-state index is 10.7. The molecule has 1 fully saturated rings. The van der Waals surface area contributed by atoms with Crippen molar-refractivity contribution in [3.05, 3.63) is 0 Å². The molecule has 66 valence electrons. The lowest BCUT2D eigenvalue weighted by molar-refractivity contribution is -0.127. The zero-order valence-corrected chi connectivity index (χ0v) is 8.05. The number of hydrogen-bond acceptors (Lipinski definition) is 1. The second kappa shape index (κ2) is 5.16. The van der Waals surface area contributed by atoms with E-state index >= 15 is 0 Å². The number of hydrogen-bond donors (Lipinski definition) is 0. The van der Waals surface area contributed by atoms with Crippen LogP contribution in [0.4, 0.5) is 0 Å². The Morgan fingerprint density at radius 1 is 1.45 bits per heavy atom. The van der Waals surface area contributed by atoms with E-state index in [4.69, 9.17) is 0 Å². The summed E-state index contributed by atoms with van der Waals surface area (Å²) in [5.41, 5.74) is 0. The highest BCUT2D eigenvalue weighted by atomic mass is 16.2. The average molecular weight is 157 g/mol. The van der Waals surface area contributed by atoms with Gasteiger partial charge in [-0.2, -0.15) is 0 Å². The summed E-state index contributed by atoms with van der Waals surface area (Å²) in [6.07, 6.45) is 1.18. The number of likely N-dealkylation sites (tertiary alicyclic amines) is 1. The van der Waals surface area contributed by atoms with E-state index in [-0.39, 0.29) is 5.91 Å². The van der Waals surface area contributed by atoms with E-state index in [0.29, 0.717) is 5.92 Å². The van der Waals surface area contributed by atoms with Crippen LogP contribution in [0.1, 0.15) is 34.1 Å². The maximum atomic E-state index is 10.7. The fourth-order valence-corrected chi connectivity index (χ4v) is 1.22. The smallest absolute Gasteiger partial charge is 0.219 e. The van der Waals surface area contributed by atoms with E-state index < -0.39 is 0 Å². The van der Waals surface area contributed by atoms with Gasteiger partial charge in [-0.1, -0.05) is 20.8 Å². The second-order valence-electron chi connectivity index (χ2n) is 2.86. The van der Waals surface area contributed by atoms with Crippen LogP contribution in [0.3, 0.4) is 0 Å². The number of nitrogens with zero attached hydrogens (tertiary/aromatic N) is 1. The molecule has 1 saturated heterocycles. The van der Waals surface area contributed by atoms with Crippen LogP contribution in [0.2, 0.25) is 0 Å². The molecule has 1 aliphatic heterocycles. The van der Waals surface area contributed by atoms with E-state index in [1.165, 1.54) is 6.42 Å². The van der Waals surface area contributed by atoms with Gasteiger partial charge in [0.05, 0.1) is 0 Å². The van der Waals surface area contributed by atoms with Crippen molar-refractivity contribution in [1.29, 1.82) is 0 Å². The molecule has 2 nitrogen and oxygen atoms in total. The van der Waals surface area contributed by atoms with Gasteiger partial charge in [0, 0.05) is 20.0 Å². The van der Waals surface area contributed by atoms with Gasteiger partial charge in [-0.25, -0.2) is 0 Å². The van der Waals surface area contributed by atoms with Crippen LogP contribution < -0.4 is 0 Å². The fourth-order valence-electron chi connectivity index (χ4n) is 1.22. The molecule has 0 saturated carbocycles. The van der Waals surface area contributed by atoms with E-state index in [0.717, 1.165) is 13.1 Å². The normalized spacial score (nSPS) is 22.5. The molecule has 1 amide bonds. The topological polar surface area (TPSA) is 20.3 Å². The standard InChI is InChI=1S/C7H13NO.C2H6/c1-6-3-4-8(5-6)7(2)9;1-2/h6H,3-5H2,1-2H3;1-2H3/t6-;/m1./s1. The van der Waals surface area contributed by atoms with Crippen LogP contribution in [-0.4, -0.2) is 23.9 Å². The van der Waals surface area contributed by atoms with Crippen molar-refractivity contribution in [3.8, 4) is 0 Å². The van der Waals surface area contributed by atoms with E-state index in [9.17, 15) is 4.79 Å². The average Bonchev–Trinajstić information content (AvgIpc) is 2.40. The highest BCUT2D eigenvalue weighted by Crippen LogP contribution is 2.14. The predicted molar refractivity (Wildman–Crippen MR) is 47.4 cm³/mol. The van der Waals surface area contributed by atoms with Gasteiger partial charge in [0.15, 0.2) is 0 Å². The Labute approximate surface area is 69.6 Å². The minimum Gasteiger partial charge on any atom is -0.343 e. The summed E-state index contributed by atoms with van der Waals surface area (Å²) < 4.78 is 0. The van der Waals surface area contributed by atoms with Gasteiger partial charge in [0.1, 0.15) is 0 Å². The maximum Gasteiger partial charge on any atom is 0.219 e. The van der Waals surface area contributed by atoms with Crippen LogP contribution in [0.15, 0.2) is 0 Å². The molecule has 0 unspecified atom stereocenters. The van der Waals surface area contributed by atoms with Crippen LogP contribution in [0.25, 0.3) is 0 Å². The summed E-state index contributed by atoms with van der Waals surface area (Å²) in [7, 11) is 0. The molecule has 1 aliphatic rings. The molecule has 0 aromatic rings. The molecule has 1 rings (SSSR count). The molecule has 1 heterocycles. The molecule has 0 bridgehead atoms. The number of carbonyl (C=O) groups excluding carboxylic acids is 1. The fraction of sp³-hybridized carbons (Fsp3) is 0.889. The van der Waals surface area contributed by atoms with Gasteiger partial charge in [-0.15, -0.1) is 0 Å². The quantitative estimate of drug-likeness (QED) is 0.526. The van der Waals surface area contributed by atoms with Gasteiger partial charge >= 0.3 is 0 Å². The highest BCUT2D eigenvalue weighted by molar-refractivity contribution is 5.73. The molecule has 1 atom stereocenters. The van der Waals surface area contributed by atoms with Gasteiger partial charge in [0.25, 0.3) is 0 Å². The van der Waals surface area contributed by atoms with Crippen LogP contribution in [0, 0.1) is 5.92 Å². The number of carbonyl (C=O) groups is 1. The van der Waals surface area contributed by atoms with Gasteiger partial charge in [-0.05, 0) is 12.3 Å². The molecule has 0 aromatic carbocycles. The summed E-state index contributed by atoms with van der Waals surface area (Å²) in [6, 6.07) is 0. The first-order chi connectivity index (χ1) is 5.20. The lowest BCUT2D eigenvalue weighted by Gasteiger charge is -2.11. The Bertz CT molecular complexity index is 123. The second-order valence-corrected chi connectivity index (χ2v) is 2.86. The highest BCUT2D eigenvalue weighted by Gasteiger charge is 2.19. The van der Waals surface area contributed by atoms with Crippen LogP contribution >= 0.6 is 0 Å². The van der Waals surface area contributed by atoms with Crippen molar-refractivity contribution in [2.45, 2.75) is 34.1 Å². The third kappa shape index (κ3) is 3.40. The third-order valence-electron chi connectivity index (χ3n) is 1.87. The molecule has 0 aromatic heterocycles. The van der Waals surface area contributed by atoms with Crippen molar-refractivity contribution < 1.29 is 4.79 Å². The van der Waals surface area contributed by atoms with E-state index in [1.54, 1.807) is 6.92 Å². The van der Waals surface area contributed by atoms with Crippen molar-refractivity contribution in [2.75, 3.05) is 13.1 Å². The summed E-state index contributed by atoms with van der Waals surface area (Å²) >= 11 is 0. The Balaban J connectivity index is 0.000000461. The molecule has 0 aliphatic carbocycles. The Kier molecular flexibility index (Phi) is 4.92. The zero-order chi connectivity index (χ0) is 8.85. The van der Waals surface area contributed by atoms with Crippen molar-refractivity contribution >= 4 is 5.91 Å². The van der Waals surface area contributed by atoms with Gasteiger partial charge in [-0.3, -0.25) is 4.79 Å². The summed E-state index contributed by atoms with van der Waals surface area (Å²) in [4.78, 5) is 12.6. The Hall–Kier alpha value is -0.530. The largest absolute Gasteiger partial charge is 0.343 e. The first-order valence-corrected chi connectivity index (χ1v) is 4.45. The molecule has 0 spiro atoms. The lowest BCUT2D eigenvalue weighted by atomic mass is 10.2. The van der Waals surface area contributed by atoms with Crippen LogP contribution in [0.5, 0.6) is 0 Å². The van der Waals surface area contributed by atoms with Crippen molar-refractivity contribution in [1.82, 2.24) is 4.90 Å². The first-order valence-electron chi connectivity index (χ1n) is 4.45. The SMILES string of the molecule is CC.CC(=O)N1CC[C@@H](C)C1. The summed E-state index contributed by atoms with van der Waals surface area (Å²) in [5.74, 6) is 0.938. The van der Waals surface area contributed by atoms with Gasteiger partial charge < -0.3 is 4.90 Å². The van der Waals surface area contributed by atoms with E-state index in [1.807, 2.05) is 18.7 Å². The Morgan fingerprint density at radius 2 is 2.00 bits per heavy atom. The number of rotatable bonds is 0. The zero-order valence-electron chi connectivity index (χ0n) is 8.05. The molecular formula is C9H19NO. The molecule has 2 heteroatoms. The number of amides is 1.